The molecule has 0 radical (unpaired) electrons. The van der Waals surface area contributed by atoms with Gasteiger partial charge in [0, 0.05) is 4.47 Å². The van der Waals surface area contributed by atoms with E-state index in [4.69, 9.17) is 4.43 Å². The standard InChI is InChI=1S/C25H27BrOSi/c1-25(2,3)28(22-15-6-4-7-16-22,23-17-8-5-9-18-23)27-20-12-14-21-13-10-11-19-24(21)26/h4-19H,20H2,1-3H3/b14-12+. The molecule has 0 saturated carbocycles. The molecule has 3 rings (SSSR count). The fourth-order valence-corrected chi connectivity index (χ4v) is 8.64. The van der Waals surface area contributed by atoms with Crippen LogP contribution in [0.2, 0.25) is 5.04 Å². The molecule has 0 fully saturated rings. The largest absolute Gasteiger partial charge is 0.404 e. The lowest BCUT2D eigenvalue weighted by Crippen LogP contribution is -2.66. The summed E-state index contributed by atoms with van der Waals surface area (Å²) in [5.41, 5.74) is 1.16. The molecule has 3 aromatic carbocycles. The van der Waals surface area contributed by atoms with Crippen molar-refractivity contribution in [3.8, 4) is 0 Å². The number of rotatable bonds is 6. The Hall–Kier alpha value is -1.94. The molecular formula is C25H27BrOSi. The molecule has 0 aliphatic heterocycles. The molecule has 1 nitrogen and oxygen atoms in total. The lowest BCUT2D eigenvalue weighted by atomic mass is 10.2. The summed E-state index contributed by atoms with van der Waals surface area (Å²) in [4.78, 5) is 0. The molecule has 0 aliphatic rings. The van der Waals surface area contributed by atoms with Gasteiger partial charge in [0.2, 0.25) is 0 Å². The van der Waals surface area contributed by atoms with E-state index in [0.29, 0.717) is 6.61 Å². The third kappa shape index (κ3) is 4.38. The van der Waals surface area contributed by atoms with Crippen LogP contribution in [0.5, 0.6) is 0 Å². The van der Waals surface area contributed by atoms with Crippen molar-refractivity contribution in [3.05, 3.63) is 101 Å². The molecule has 0 amide bonds. The van der Waals surface area contributed by atoms with E-state index >= 15 is 0 Å². The fraction of sp³-hybridized carbons (Fsp3) is 0.200. The predicted molar refractivity (Wildman–Crippen MR) is 127 cm³/mol. The maximum atomic E-state index is 6.86. The molecule has 0 saturated heterocycles. The Balaban J connectivity index is 1.98. The van der Waals surface area contributed by atoms with E-state index in [1.807, 2.05) is 12.1 Å². The topological polar surface area (TPSA) is 9.23 Å². The molecule has 3 heteroatoms. The average Bonchev–Trinajstić information content (AvgIpc) is 2.70. The summed E-state index contributed by atoms with van der Waals surface area (Å²) in [5.74, 6) is 0. The molecule has 0 aliphatic carbocycles. The number of halogens is 1. The minimum atomic E-state index is -2.46. The van der Waals surface area contributed by atoms with Gasteiger partial charge in [-0.25, -0.2) is 0 Å². The van der Waals surface area contributed by atoms with Crippen LogP contribution in [0.3, 0.4) is 0 Å². The Labute approximate surface area is 178 Å². The van der Waals surface area contributed by atoms with Crippen LogP contribution in [-0.2, 0) is 4.43 Å². The van der Waals surface area contributed by atoms with Gasteiger partial charge in [0.15, 0.2) is 0 Å². The van der Waals surface area contributed by atoms with Crippen LogP contribution in [0, 0.1) is 0 Å². The molecule has 0 N–H and O–H groups in total. The lowest BCUT2D eigenvalue weighted by molar-refractivity contribution is 0.340. The summed E-state index contributed by atoms with van der Waals surface area (Å²) in [6.07, 6.45) is 4.25. The second-order valence-electron chi connectivity index (χ2n) is 7.90. The maximum absolute atomic E-state index is 6.86. The molecule has 0 spiro atoms. The first-order valence-electron chi connectivity index (χ1n) is 9.61. The normalized spacial score (nSPS) is 12.4. The van der Waals surface area contributed by atoms with E-state index < -0.39 is 8.32 Å². The van der Waals surface area contributed by atoms with Gasteiger partial charge in [0.1, 0.15) is 0 Å². The monoisotopic (exact) mass is 450 g/mol. The van der Waals surface area contributed by atoms with E-state index in [0.717, 1.165) is 10.0 Å². The van der Waals surface area contributed by atoms with Crippen molar-refractivity contribution in [3.63, 3.8) is 0 Å². The Bertz CT molecular complexity index is 875. The molecule has 28 heavy (non-hydrogen) atoms. The van der Waals surface area contributed by atoms with Gasteiger partial charge in [-0.15, -0.1) is 0 Å². The first kappa shape index (κ1) is 20.8. The smallest absolute Gasteiger partial charge is 0.261 e. The molecule has 0 bridgehead atoms. The number of hydrogen-bond acceptors (Lipinski definition) is 1. The number of hydrogen-bond donors (Lipinski definition) is 0. The van der Waals surface area contributed by atoms with E-state index in [1.54, 1.807) is 0 Å². The number of benzene rings is 3. The zero-order valence-corrected chi connectivity index (χ0v) is 19.3. The SMILES string of the molecule is CC(C)(C)[Si](OC/C=C/c1ccccc1Br)(c1ccccc1)c1ccccc1. The highest BCUT2D eigenvalue weighted by molar-refractivity contribution is 9.10. The lowest BCUT2D eigenvalue weighted by Gasteiger charge is -2.42. The Kier molecular flexibility index (Phi) is 6.71. The molecule has 0 aromatic heterocycles. The van der Waals surface area contributed by atoms with Gasteiger partial charge in [0.05, 0.1) is 6.61 Å². The Morgan fingerprint density at radius 2 is 1.29 bits per heavy atom. The summed E-state index contributed by atoms with van der Waals surface area (Å²) in [7, 11) is -2.46. The summed E-state index contributed by atoms with van der Waals surface area (Å²) in [6, 6.07) is 29.7. The van der Waals surface area contributed by atoms with E-state index in [1.165, 1.54) is 10.4 Å². The fourth-order valence-electron chi connectivity index (χ4n) is 3.72. The van der Waals surface area contributed by atoms with Crippen molar-refractivity contribution in [1.82, 2.24) is 0 Å². The van der Waals surface area contributed by atoms with Gasteiger partial charge in [-0.2, -0.15) is 0 Å². The summed E-state index contributed by atoms with van der Waals surface area (Å²) in [5, 5.41) is 2.61. The molecule has 0 atom stereocenters. The first-order chi connectivity index (χ1) is 13.4. The van der Waals surface area contributed by atoms with Crippen LogP contribution in [0.1, 0.15) is 26.3 Å². The Morgan fingerprint density at radius 1 is 0.786 bits per heavy atom. The quantitative estimate of drug-likeness (QED) is 0.415. The third-order valence-corrected chi connectivity index (χ3v) is 10.7. The second-order valence-corrected chi connectivity index (χ2v) is 13.1. The van der Waals surface area contributed by atoms with Crippen molar-refractivity contribution in [1.29, 1.82) is 0 Å². The highest BCUT2D eigenvalue weighted by Crippen LogP contribution is 2.36. The van der Waals surface area contributed by atoms with Crippen molar-refractivity contribution in [2.75, 3.05) is 6.61 Å². The van der Waals surface area contributed by atoms with Gasteiger partial charge in [0.25, 0.3) is 8.32 Å². The summed E-state index contributed by atoms with van der Waals surface area (Å²) in [6.45, 7) is 7.48. The molecule has 3 aromatic rings. The van der Waals surface area contributed by atoms with Gasteiger partial charge in [-0.05, 0) is 27.0 Å². The zero-order valence-electron chi connectivity index (χ0n) is 16.7. The third-order valence-electron chi connectivity index (χ3n) is 5.02. The minimum absolute atomic E-state index is 0.00310. The first-order valence-corrected chi connectivity index (χ1v) is 12.3. The van der Waals surface area contributed by atoms with E-state index in [9.17, 15) is 0 Å². The van der Waals surface area contributed by atoms with Crippen LogP contribution in [0.15, 0.2) is 95.5 Å². The zero-order chi connectivity index (χ0) is 20.0. The van der Waals surface area contributed by atoms with Crippen LogP contribution in [-0.4, -0.2) is 14.9 Å². The van der Waals surface area contributed by atoms with Gasteiger partial charge in [-0.3, -0.25) is 0 Å². The molecule has 0 unspecified atom stereocenters. The van der Waals surface area contributed by atoms with Gasteiger partial charge >= 0.3 is 0 Å². The van der Waals surface area contributed by atoms with Crippen molar-refractivity contribution < 1.29 is 4.43 Å². The van der Waals surface area contributed by atoms with Crippen LogP contribution < -0.4 is 10.4 Å². The predicted octanol–water partition coefficient (Wildman–Crippen LogP) is 6.04. The van der Waals surface area contributed by atoms with Crippen molar-refractivity contribution in [2.24, 2.45) is 0 Å². The van der Waals surface area contributed by atoms with E-state index in [-0.39, 0.29) is 5.04 Å². The molecule has 0 heterocycles. The van der Waals surface area contributed by atoms with Crippen LogP contribution in [0.4, 0.5) is 0 Å². The van der Waals surface area contributed by atoms with E-state index in [2.05, 4.69) is 122 Å². The second kappa shape index (κ2) is 9.04. The van der Waals surface area contributed by atoms with Gasteiger partial charge in [-0.1, -0.05) is 128 Å². The van der Waals surface area contributed by atoms with Crippen molar-refractivity contribution >= 4 is 40.7 Å². The summed E-state index contributed by atoms with van der Waals surface area (Å²) < 4.78 is 7.96. The highest BCUT2D eigenvalue weighted by Gasteiger charge is 2.49. The Morgan fingerprint density at radius 3 is 1.79 bits per heavy atom. The molecule has 144 valence electrons. The van der Waals surface area contributed by atoms with Gasteiger partial charge < -0.3 is 4.43 Å². The van der Waals surface area contributed by atoms with Crippen LogP contribution >= 0.6 is 15.9 Å². The molecular weight excluding hydrogens is 424 g/mol. The minimum Gasteiger partial charge on any atom is -0.404 e. The average molecular weight is 451 g/mol. The van der Waals surface area contributed by atoms with Crippen LogP contribution in [0.25, 0.3) is 6.08 Å². The maximum Gasteiger partial charge on any atom is 0.261 e. The highest BCUT2D eigenvalue weighted by atomic mass is 79.9. The van der Waals surface area contributed by atoms with Crippen molar-refractivity contribution in [2.45, 2.75) is 25.8 Å². The summed E-state index contributed by atoms with van der Waals surface area (Å²) >= 11 is 3.61.